The van der Waals surface area contributed by atoms with Crippen molar-refractivity contribution in [1.82, 2.24) is 10.2 Å². The largest absolute Gasteiger partial charge is 0.465 e. The van der Waals surface area contributed by atoms with Gasteiger partial charge in [0, 0.05) is 17.8 Å². The molecule has 0 saturated carbocycles. The Balaban J connectivity index is 0.00000139. The molecule has 1 aliphatic rings. The molecule has 1 aliphatic heterocycles. The SMILES string of the molecule is CC1=C(C#N)C(c2cccc([N+](=O)[O-])c2)N(C(=O)O)C(=O)N1.CN. The van der Waals surface area contributed by atoms with E-state index in [4.69, 9.17) is 0 Å². The second kappa shape index (κ2) is 7.70. The molecule has 0 saturated heterocycles. The van der Waals surface area contributed by atoms with Crippen molar-refractivity contribution in [3.8, 4) is 6.07 Å². The summed E-state index contributed by atoms with van der Waals surface area (Å²) < 4.78 is 0. The average Bonchev–Trinajstić information content (AvgIpc) is 2.55. The van der Waals surface area contributed by atoms with E-state index < -0.39 is 23.1 Å². The van der Waals surface area contributed by atoms with E-state index in [1.807, 2.05) is 6.07 Å². The van der Waals surface area contributed by atoms with E-state index in [0.29, 0.717) is 4.90 Å². The molecule has 10 nitrogen and oxygen atoms in total. The fourth-order valence-electron chi connectivity index (χ4n) is 2.21. The number of nitrogens with two attached hydrogens (primary N) is 1. The number of nitrogens with zero attached hydrogens (tertiary/aromatic N) is 3. The van der Waals surface area contributed by atoms with Crippen molar-refractivity contribution < 1.29 is 19.6 Å². The Bertz CT molecular complexity index is 752. The topological polar surface area (TPSA) is 163 Å². The minimum Gasteiger partial charge on any atom is -0.465 e. The fraction of sp³-hybridized carbons (Fsp3) is 0.214. The van der Waals surface area contributed by atoms with Gasteiger partial charge in [-0.3, -0.25) is 10.1 Å². The standard InChI is InChI=1S/C13H10N4O5.CH5N/c1-7-10(6-14)11(16(13(19)20)12(18)15-7)8-3-2-4-9(5-8)17(21)22;1-2/h2-5,11H,1H3,(H,15,18)(H,19,20);2H2,1H3. The molecule has 0 bridgehead atoms. The number of hydrogen-bond acceptors (Lipinski definition) is 6. The van der Waals surface area contributed by atoms with Crippen LogP contribution >= 0.6 is 0 Å². The molecule has 0 spiro atoms. The van der Waals surface area contributed by atoms with Gasteiger partial charge in [-0.2, -0.15) is 5.26 Å². The third-order valence-corrected chi connectivity index (χ3v) is 3.17. The summed E-state index contributed by atoms with van der Waals surface area (Å²) in [6.45, 7) is 1.46. The van der Waals surface area contributed by atoms with Crippen LogP contribution in [0.3, 0.4) is 0 Å². The molecule has 4 N–H and O–H groups in total. The highest BCUT2D eigenvalue weighted by molar-refractivity contribution is 5.93. The summed E-state index contributed by atoms with van der Waals surface area (Å²) in [7, 11) is 1.50. The van der Waals surface area contributed by atoms with Gasteiger partial charge in [0.05, 0.1) is 16.6 Å². The summed E-state index contributed by atoms with van der Waals surface area (Å²) in [4.78, 5) is 33.8. The highest BCUT2D eigenvalue weighted by Gasteiger charge is 2.39. The van der Waals surface area contributed by atoms with E-state index in [2.05, 4.69) is 11.1 Å². The molecule has 10 heteroatoms. The third-order valence-electron chi connectivity index (χ3n) is 3.17. The van der Waals surface area contributed by atoms with Crippen LogP contribution in [0, 0.1) is 21.4 Å². The van der Waals surface area contributed by atoms with Gasteiger partial charge in [-0.1, -0.05) is 12.1 Å². The van der Waals surface area contributed by atoms with E-state index in [9.17, 15) is 30.1 Å². The molecule has 0 fully saturated rings. The van der Waals surface area contributed by atoms with Crippen LogP contribution in [0.15, 0.2) is 35.5 Å². The Kier molecular flexibility index (Phi) is 5.97. The molecule has 1 aromatic carbocycles. The molecule has 0 radical (unpaired) electrons. The number of urea groups is 1. The lowest BCUT2D eigenvalue weighted by Gasteiger charge is -2.32. The Morgan fingerprint density at radius 1 is 1.50 bits per heavy atom. The highest BCUT2D eigenvalue weighted by Crippen LogP contribution is 2.34. The molecule has 1 unspecified atom stereocenters. The van der Waals surface area contributed by atoms with Crippen molar-refractivity contribution in [3.05, 3.63) is 51.2 Å². The van der Waals surface area contributed by atoms with E-state index in [0.717, 1.165) is 6.07 Å². The van der Waals surface area contributed by atoms with Gasteiger partial charge in [0.2, 0.25) is 0 Å². The summed E-state index contributed by atoms with van der Waals surface area (Å²) in [5, 5.41) is 31.6. The normalized spacial score (nSPS) is 16.5. The molecule has 3 amide bonds. The van der Waals surface area contributed by atoms with Crippen molar-refractivity contribution >= 4 is 17.8 Å². The van der Waals surface area contributed by atoms with Crippen molar-refractivity contribution in [2.24, 2.45) is 5.73 Å². The number of hydrogen-bond donors (Lipinski definition) is 3. The van der Waals surface area contributed by atoms with Crippen LogP contribution in [0.2, 0.25) is 0 Å². The minimum absolute atomic E-state index is 0.00231. The number of carbonyl (C=O) groups is 2. The Hall–Kier alpha value is -3.45. The van der Waals surface area contributed by atoms with Crippen molar-refractivity contribution in [2.75, 3.05) is 7.05 Å². The summed E-state index contributed by atoms with van der Waals surface area (Å²) in [6.07, 6.45) is -1.56. The number of nitro benzene ring substituents is 1. The maximum Gasteiger partial charge on any atom is 0.416 e. The number of carbonyl (C=O) groups excluding carboxylic acids is 1. The number of nitriles is 1. The maximum atomic E-state index is 11.9. The monoisotopic (exact) mass is 333 g/mol. The zero-order chi connectivity index (χ0) is 18.4. The Morgan fingerprint density at radius 3 is 2.62 bits per heavy atom. The lowest BCUT2D eigenvalue weighted by molar-refractivity contribution is -0.384. The third kappa shape index (κ3) is 3.47. The molecular formula is C14H15N5O5. The molecule has 1 aromatic rings. The van der Waals surface area contributed by atoms with Crippen LogP contribution in [-0.4, -0.2) is 34.1 Å². The number of nitro groups is 1. The lowest BCUT2D eigenvalue weighted by atomic mass is 9.95. The summed E-state index contributed by atoms with van der Waals surface area (Å²) >= 11 is 0. The smallest absolute Gasteiger partial charge is 0.416 e. The van der Waals surface area contributed by atoms with Gasteiger partial charge in [0.25, 0.3) is 5.69 Å². The summed E-state index contributed by atoms with van der Waals surface area (Å²) in [5.41, 5.74) is 4.62. The van der Waals surface area contributed by atoms with Crippen molar-refractivity contribution in [2.45, 2.75) is 13.0 Å². The molecule has 2 rings (SSSR count). The molecular weight excluding hydrogens is 318 g/mol. The fourth-order valence-corrected chi connectivity index (χ4v) is 2.21. The van der Waals surface area contributed by atoms with Crippen LogP contribution in [0.5, 0.6) is 0 Å². The average molecular weight is 333 g/mol. The lowest BCUT2D eigenvalue weighted by Crippen LogP contribution is -2.49. The predicted octanol–water partition coefficient (Wildman–Crippen LogP) is 1.71. The number of imide groups is 1. The number of rotatable bonds is 2. The molecule has 1 atom stereocenters. The highest BCUT2D eigenvalue weighted by atomic mass is 16.6. The molecule has 126 valence electrons. The van der Waals surface area contributed by atoms with E-state index in [1.54, 1.807) is 0 Å². The molecule has 0 aliphatic carbocycles. The summed E-state index contributed by atoms with van der Waals surface area (Å²) in [6, 6.07) is 4.88. The number of nitrogens with one attached hydrogen (secondary N) is 1. The number of amides is 3. The van der Waals surface area contributed by atoms with Gasteiger partial charge < -0.3 is 16.2 Å². The van der Waals surface area contributed by atoms with E-state index >= 15 is 0 Å². The van der Waals surface area contributed by atoms with Crippen LogP contribution in [0.4, 0.5) is 15.3 Å². The number of allylic oxidation sites excluding steroid dienone is 1. The first-order valence-electron chi connectivity index (χ1n) is 6.63. The Labute approximate surface area is 136 Å². The number of benzene rings is 1. The predicted molar refractivity (Wildman–Crippen MR) is 82.7 cm³/mol. The first kappa shape index (κ1) is 18.6. The van der Waals surface area contributed by atoms with Gasteiger partial charge in [-0.05, 0) is 19.5 Å². The second-order valence-electron chi connectivity index (χ2n) is 4.49. The minimum atomic E-state index is -1.56. The van der Waals surface area contributed by atoms with Gasteiger partial charge in [0.1, 0.15) is 6.04 Å². The van der Waals surface area contributed by atoms with Crippen LogP contribution in [0.25, 0.3) is 0 Å². The van der Waals surface area contributed by atoms with Gasteiger partial charge in [0.15, 0.2) is 0 Å². The van der Waals surface area contributed by atoms with Gasteiger partial charge in [-0.25, -0.2) is 14.5 Å². The van der Waals surface area contributed by atoms with Crippen molar-refractivity contribution in [1.29, 1.82) is 5.26 Å². The molecule has 0 aromatic heterocycles. The molecule has 24 heavy (non-hydrogen) atoms. The van der Waals surface area contributed by atoms with E-state index in [1.165, 1.54) is 32.2 Å². The second-order valence-corrected chi connectivity index (χ2v) is 4.49. The van der Waals surface area contributed by atoms with Crippen LogP contribution in [-0.2, 0) is 0 Å². The molecule has 1 heterocycles. The summed E-state index contributed by atoms with van der Waals surface area (Å²) in [5.74, 6) is 0. The maximum absolute atomic E-state index is 11.9. The quantitative estimate of drug-likeness (QED) is 0.547. The zero-order valence-corrected chi connectivity index (χ0v) is 12.9. The van der Waals surface area contributed by atoms with Gasteiger partial charge in [-0.15, -0.1) is 0 Å². The number of carboxylic acid groups (broad SMARTS) is 1. The first-order valence-corrected chi connectivity index (χ1v) is 6.63. The van der Waals surface area contributed by atoms with E-state index in [-0.39, 0.29) is 22.5 Å². The first-order chi connectivity index (χ1) is 11.4. The van der Waals surface area contributed by atoms with Crippen LogP contribution in [0.1, 0.15) is 18.5 Å². The number of non-ortho nitro benzene ring substituents is 1. The van der Waals surface area contributed by atoms with Crippen molar-refractivity contribution in [3.63, 3.8) is 0 Å². The van der Waals surface area contributed by atoms with Gasteiger partial charge >= 0.3 is 12.1 Å². The van der Waals surface area contributed by atoms with Crippen LogP contribution < -0.4 is 11.1 Å². The Morgan fingerprint density at radius 2 is 2.12 bits per heavy atom. The zero-order valence-electron chi connectivity index (χ0n) is 12.9.